The maximum absolute atomic E-state index is 10.4. The zero-order valence-electron chi connectivity index (χ0n) is 12.4. The van der Waals surface area contributed by atoms with Crippen LogP contribution in [0.2, 0.25) is 0 Å². The summed E-state index contributed by atoms with van der Waals surface area (Å²) in [4.78, 5) is 2.53. The minimum absolute atomic E-state index is 0.155. The average molecular weight is 255 g/mol. The molecule has 1 N–H and O–H groups in total. The first kappa shape index (κ1) is 14.3. The number of ether oxygens (including phenoxy) is 1. The summed E-state index contributed by atoms with van der Waals surface area (Å²) >= 11 is 0. The molecule has 0 aromatic rings. The molecular weight excluding hydrogens is 226 g/mol. The fraction of sp³-hybridized carbons (Fsp3) is 1.00. The summed E-state index contributed by atoms with van der Waals surface area (Å²) in [5, 5.41) is 10.4. The molecule has 3 heteroatoms. The van der Waals surface area contributed by atoms with Crippen molar-refractivity contribution in [1.29, 1.82) is 0 Å². The van der Waals surface area contributed by atoms with E-state index in [0.717, 1.165) is 38.8 Å². The van der Waals surface area contributed by atoms with E-state index in [0.29, 0.717) is 23.6 Å². The van der Waals surface area contributed by atoms with Gasteiger partial charge in [-0.05, 0) is 38.0 Å². The van der Waals surface area contributed by atoms with E-state index >= 15 is 0 Å². The number of hydrogen-bond acceptors (Lipinski definition) is 3. The quantitative estimate of drug-likeness (QED) is 0.822. The van der Waals surface area contributed by atoms with E-state index < -0.39 is 0 Å². The smallest absolute Gasteiger partial charge is 0.0695 e. The topological polar surface area (TPSA) is 32.7 Å². The Kier molecular flexibility index (Phi) is 4.35. The first-order chi connectivity index (χ1) is 8.43. The molecule has 0 aromatic heterocycles. The molecule has 4 unspecified atom stereocenters. The van der Waals surface area contributed by atoms with E-state index in [1.165, 1.54) is 0 Å². The minimum Gasteiger partial charge on any atom is -0.391 e. The van der Waals surface area contributed by atoms with Crippen LogP contribution in [0, 0.1) is 5.41 Å². The molecule has 0 amide bonds. The fourth-order valence-electron chi connectivity index (χ4n) is 3.50. The van der Waals surface area contributed by atoms with Gasteiger partial charge in [-0.3, -0.25) is 4.90 Å². The summed E-state index contributed by atoms with van der Waals surface area (Å²) in [5.41, 5.74) is 0.365. The van der Waals surface area contributed by atoms with Crippen molar-refractivity contribution in [2.45, 2.75) is 77.7 Å². The Morgan fingerprint density at radius 3 is 2.78 bits per heavy atom. The van der Waals surface area contributed by atoms with Gasteiger partial charge in [0.15, 0.2) is 0 Å². The zero-order valence-corrected chi connectivity index (χ0v) is 12.4. The molecule has 1 saturated carbocycles. The van der Waals surface area contributed by atoms with Crippen molar-refractivity contribution < 1.29 is 9.84 Å². The van der Waals surface area contributed by atoms with Crippen LogP contribution in [0.5, 0.6) is 0 Å². The van der Waals surface area contributed by atoms with Crippen molar-refractivity contribution in [3.05, 3.63) is 0 Å². The van der Waals surface area contributed by atoms with E-state index in [9.17, 15) is 5.11 Å². The van der Waals surface area contributed by atoms with Gasteiger partial charge in [-0.1, -0.05) is 20.8 Å². The molecule has 1 heterocycles. The van der Waals surface area contributed by atoms with Crippen LogP contribution in [0.1, 0.15) is 53.4 Å². The van der Waals surface area contributed by atoms with Crippen LogP contribution in [0.3, 0.4) is 0 Å². The standard InChI is InChI=1S/C15H29NO2/c1-5-12-10-18-11(2)9-16(12)13-8-15(3,4)7-6-14(13)17/h11-14,17H,5-10H2,1-4H3. The maximum Gasteiger partial charge on any atom is 0.0695 e. The van der Waals surface area contributed by atoms with Gasteiger partial charge in [0, 0.05) is 18.6 Å². The lowest BCUT2D eigenvalue weighted by molar-refractivity contribution is -0.112. The normalized spacial score (nSPS) is 41.8. The van der Waals surface area contributed by atoms with Crippen molar-refractivity contribution in [1.82, 2.24) is 4.90 Å². The van der Waals surface area contributed by atoms with Crippen LogP contribution in [0.15, 0.2) is 0 Å². The minimum atomic E-state index is -0.155. The second kappa shape index (κ2) is 5.48. The Morgan fingerprint density at radius 1 is 1.39 bits per heavy atom. The van der Waals surface area contributed by atoms with E-state index in [-0.39, 0.29) is 6.10 Å². The highest BCUT2D eigenvalue weighted by atomic mass is 16.5. The molecule has 0 spiro atoms. The Bertz CT molecular complexity index is 280. The summed E-state index contributed by atoms with van der Waals surface area (Å²) in [6, 6.07) is 0.805. The van der Waals surface area contributed by atoms with Crippen molar-refractivity contribution in [3.8, 4) is 0 Å². The number of nitrogens with zero attached hydrogens (tertiary/aromatic N) is 1. The van der Waals surface area contributed by atoms with Crippen LogP contribution in [-0.2, 0) is 4.74 Å². The Morgan fingerprint density at radius 2 is 2.11 bits per heavy atom. The summed E-state index contributed by atoms with van der Waals surface area (Å²) in [6.45, 7) is 10.8. The number of aliphatic hydroxyl groups excluding tert-OH is 1. The van der Waals surface area contributed by atoms with Gasteiger partial charge in [-0.15, -0.1) is 0 Å². The summed E-state index contributed by atoms with van der Waals surface area (Å²) < 4.78 is 5.77. The van der Waals surface area contributed by atoms with E-state index in [1.807, 2.05) is 0 Å². The lowest BCUT2D eigenvalue weighted by Crippen LogP contribution is -2.58. The summed E-state index contributed by atoms with van der Waals surface area (Å²) in [5.74, 6) is 0. The van der Waals surface area contributed by atoms with E-state index in [2.05, 4.69) is 32.6 Å². The predicted octanol–water partition coefficient (Wildman–Crippen LogP) is 2.43. The van der Waals surface area contributed by atoms with Crippen molar-refractivity contribution in [3.63, 3.8) is 0 Å². The third kappa shape index (κ3) is 3.06. The predicted molar refractivity (Wildman–Crippen MR) is 73.6 cm³/mol. The van der Waals surface area contributed by atoms with Crippen LogP contribution >= 0.6 is 0 Å². The number of morpholine rings is 1. The molecule has 2 rings (SSSR count). The van der Waals surface area contributed by atoms with Gasteiger partial charge in [0.2, 0.25) is 0 Å². The largest absolute Gasteiger partial charge is 0.391 e. The Labute approximate surface area is 112 Å². The highest BCUT2D eigenvalue weighted by molar-refractivity contribution is 4.94. The van der Waals surface area contributed by atoms with Gasteiger partial charge < -0.3 is 9.84 Å². The third-order valence-corrected chi connectivity index (χ3v) is 4.73. The highest BCUT2D eigenvalue weighted by Crippen LogP contribution is 2.39. The van der Waals surface area contributed by atoms with Crippen LogP contribution in [0.4, 0.5) is 0 Å². The average Bonchev–Trinajstić information content (AvgIpc) is 2.32. The second-order valence-electron chi connectivity index (χ2n) is 6.94. The van der Waals surface area contributed by atoms with Crippen LogP contribution in [0.25, 0.3) is 0 Å². The molecule has 1 aliphatic carbocycles. The lowest BCUT2D eigenvalue weighted by Gasteiger charge is -2.49. The molecule has 3 nitrogen and oxygen atoms in total. The molecular formula is C15H29NO2. The van der Waals surface area contributed by atoms with E-state index in [4.69, 9.17) is 4.74 Å². The lowest BCUT2D eigenvalue weighted by atomic mass is 9.73. The van der Waals surface area contributed by atoms with Gasteiger partial charge in [0.25, 0.3) is 0 Å². The summed E-state index contributed by atoms with van der Waals surface area (Å²) in [7, 11) is 0. The first-order valence-corrected chi connectivity index (χ1v) is 7.48. The maximum atomic E-state index is 10.4. The molecule has 0 radical (unpaired) electrons. The monoisotopic (exact) mass is 255 g/mol. The fourth-order valence-corrected chi connectivity index (χ4v) is 3.50. The van der Waals surface area contributed by atoms with Gasteiger partial charge in [-0.2, -0.15) is 0 Å². The van der Waals surface area contributed by atoms with Gasteiger partial charge in [-0.25, -0.2) is 0 Å². The van der Waals surface area contributed by atoms with Gasteiger partial charge >= 0.3 is 0 Å². The molecule has 18 heavy (non-hydrogen) atoms. The SMILES string of the molecule is CCC1COC(C)CN1C1CC(C)(C)CCC1O. The molecule has 1 saturated heterocycles. The molecule has 2 aliphatic rings. The molecule has 106 valence electrons. The van der Waals surface area contributed by atoms with Crippen LogP contribution < -0.4 is 0 Å². The Hall–Kier alpha value is -0.120. The number of aliphatic hydroxyl groups is 1. The molecule has 0 aromatic carbocycles. The van der Waals surface area contributed by atoms with Crippen molar-refractivity contribution in [2.24, 2.45) is 5.41 Å². The van der Waals surface area contributed by atoms with Crippen molar-refractivity contribution >= 4 is 0 Å². The van der Waals surface area contributed by atoms with Crippen LogP contribution in [-0.4, -0.2) is 47.4 Å². The van der Waals surface area contributed by atoms with E-state index in [1.54, 1.807) is 0 Å². The molecule has 4 atom stereocenters. The summed E-state index contributed by atoms with van der Waals surface area (Å²) in [6.07, 6.45) is 4.44. The second-order valence-corrected chi connectivity index (χ2v) is 6.94. The highest BCUT2D eigenvalue weighted by Gasteiger charge is 2.41. The van der Waals surface area contributed by atoms with Crippen molar-refractivity contribution in [2.75, 3.05) is 13.2 Å². The molecule has 2 fully saturated rings. The zero-order chi connectivity index (χ0) is 13.3. The third-order valence-electron chi connectivity index (χ3n) is 4.73. The number of rotatable bonds is 2. The first-order valence-electron chi connectivity index (χ1n) is 7.48. The molecule has 0 bridgehead atoms. The number of hydrogen-bond donors (Lipinski definition) is 1. The Balaban J connectivity index is 2.10. The van der Waals surface area contributed by atoms with Gasteiger partial charge in [0.05, 0.1) is 18.8 Å². The molecule has 1 aliphatic heterocycles. The van der Waals surface area contributed by atoms with Gasteiger partial charge in [0.1, 0.15) is 0 Å².